The van der Waals surface area contributed by atoms with E-state index in [4.69, 9.17) is 23.2 Å². The van der Waals surface area contributed by atoms with Crippen molar-refractivity contribution < 1.29 is 15.0 Å². The molecule has 0 saturated carbocycles. The highest BCUT2D eigenvalue weighted by Crippen LogP contribution is 2.36. The lowest BCUT2D eigenvalue weighted by Gasteiger charge is -2.30. The van der Waals surface area contributed by atoms with Crippen molar-refractivity contribution in [2.24, 2.45) is 0 Å². The van der Waals surface area contributed by atoms with Gasteiger partial charge in [-0.3, -0.25) is 4.90 Å². The molecular weight excluding hydrogens is 301 g/mol. The fraction of sp³-hybridized carbons (Fsp3) is 0.500. The number of hydrogen-bond acceptors (Lipinski definition) is 2. The minimum atomic E-state index is -0.988. The first-order valence-electron chi connectivity index (χ1n) is 6.60. The van der Waals surface area contributed by atoms with Gasteiger partial charge in [-0.25, -0.2) is 4.79 Å². The third-order valence-corrected chi connectivity index (χ3v) is 4.63. The number of amides is 1. The minimum absolute atomic E-state index is 0.0325. The van der Waals surface area contributed by atoms with Crippen molar-refractivity contribution in [2.75, 3.05) is 0 Å². The maximum Gasteiger partial charge on any atom is 0.407 e. The largest absolute Gasteiger partial charge is 0.465 e. The average molecular weight is 318 g/mol. The molecule has 20 heavy (non-hydrogen) atoms. The van der Waals surface area contributed by atoms with Gasteiger partial charge >= 0.3 is 6.09 Å². The van der Waals surface area contributed by atoms with Crippen molar-refractivity contribution >= 4 is 29.3 Å². The Morgan fingerprint density at radius 2 is 2.10 bits per heavy atom. The first-order valence-corrected chi connectivity index (χ1v) is 7.35. The third kappa shape index (κ3) is 2.87. The van der Waals surface area contributed by atoms with E-state index >= 15 is 0 Å². The van der Waals surface area contributed by atoms with Crippen LogP contribution in [0.15, 0.2) is 18.2 Å². The zero-order chi connectivity index (χ0) is 14.9. The molecule has 1 aliphatic heterocycles. The summed E-state index contributed by atoms with van der Waals surface area (Å²) in [5.74, 6) is 0. The Morgan fingerprint density at radius 1 is 1.40 bits per heavy atom. The molecule has 0 bridgehead atoms. The SMILES string of the molecule is CCC1CCC(C(O)c2ccc(Cl)c(Cl)c2)N1C(=O)O. The molecular formula is C14H17Cl2NO3. The van der Waals surface area contributed by atoms with E-state index in [1.54, 1.807) is 18.2 Å². The maximum absolute atomic E-state index is 11.4. The van der Waals surface area contributed by atoms with Crippen LogP contribution in [0.2, 0.25) is 10.0 Å². The van der Waals surface area contributed by atoms with E-state index in [-0.39, 0.29) is 6.04 Å². The summed E-state index contributed by atoms with van der Waals surface area (Å²) in [6.45, 7) is 1.95. The predicted octanol–water partition coefficient (Wildman–Crippen LogP) is 3.95. The van der Waals surface area contributed by atoms with Crippen LogP contribution in [0.5, 0.6) is 0 Å². The van der Waals surface area contributed by atoms with Crippen LogP contribution in [0.3, 0.4) is 0 Å². The molecule has 4 nitrogen and oxygen atoms in total. The van der Waals surface area contributed by atoms with Gasteiger partial charge in [-0.1, -0.05) is 36.2 Å². The number of hydrogen-bond donors (Lipinski definition) is 2. The molecule has 1 aromatic rings. The van der Waals surface area contributed by atoms with Crippen LogP contribution >= 0.6 is 23.2 Å². The van der Waals surface area contributed by atoms with Gasteiger partial charge in [0.2, 0.25) is 0 Å². The van der Waals surface area contributed by atoms with E-state index < -0.39 is 18.2 Å². The summed E-state index contributed by atoms with van der Waals surface area (Å²) in [5, 5.41) is 20.6. The standard InChI is InChI=1S/C14H17Cl2NO3/c1-2-9-4-6-12(17(9)14(19)20)13(18)8-3-5-10(15)11(16)7-8/h3,5,7,9,12-13,18H,2,4,6H2,1H3,(H,19,20). The molecule has 3 unspecified atom stereocenters. The second kappa shape index (κ2) is 6.20. The molecule has 2 rings (SSSR count). The number of carbonyl (C=O) groups is 1. The highest BCUT2D eigenvalue weighted by molar-refractivity contribution is 6.42. The number of rotatable bonds is 3. The fourth-order valence-electron chi connectivity index (χ4n) is 2.84. The molecule has 2 N–H and O–H groups in total. The minimum Gasteiger partial charge on any atom is -0.465 e. The summed E-state index contributed by atoms with van der Waals surface area (Å²) in [6.07, 6.45) is 0.283. The Bertz CT molecular complexity index is 509. The molecule has 0 aromatic heterocycles. The molecule has 1 saturated heterocycles. The van der Waals surface area contributed by atoms with Crippen molar-refractivity contribution in [3.63, 3.8) is 0 Å². The molecule has 110 valence electrons. The zero-order valence-corrected chi connectivity index (χ0v) is 12.6. The highest BCUT2D eigenvalue weighted by atomic mass is 35.5. The molecule has 0 radical (unpaired) electrons. The van der Waals surface area contributed by atoms with Crippen LogP contribution in [0.4, 0.5) is 4.79 Å². The van der Waals surface area contributed by atoms with E-state index in [9.17, 15) is 15.0 Å². The fourth-order valence-corrected chi connectivity index (χ4v) is 3.15. The Labute approximate surface area is 127 Å². The van der Waals surface area contributed by atoms with Crippen LogP contribution in [0.1, 0.15) is 37.9 Å². The van der Waals surface area contributed by atoms with Crippen LogP contribution < -0.4 is 0 Å². The van der Waals surface area contributed by atoms with Crippen molar-refractivity contribution in [1.29, 1.82) is 0 Å². The van der Waals surface area contributed by atoms with Crippen molar-refractivity contribution in [2.45, 2.75) is 44.4 Å². The molecule has 0 aliphatic carbocycles. The lowest BCUT2D eigenvalue weighted by atomic mass is 10.0. The van der Waals surface area contributed by atoms with E-state index in [1.165, 1.54) is 4.90 Å². The molecule has 1 aliphatic rings. The quantitative estimate of drug-likeness (QED) is 0.887. The summed E-state index contributed by atoms with van der Waals surface area (Å²) < 4.78 is 0. The molecule has 1 fully saturated rings. The van der Waals surface area contributed by atoms with Gasteiger partial charge in [0.15, 0.2) is 0 Å². The number of benzene rings is 1. The number of carboxylic acid groups (broad SMARTS) is 1. The van der Waals surface area contributed by atoms with Crippen LogP contribution in [0.25, 0.3) is 0 Å². The molecule has 6 heteroatoms. The summed E-state index contributed by atoms with van der Waals surface area (Å²) >= 11 is 11.8. The van der Waals surface area contributed by atoms with Gasteiger partial charge in [-0.05, 0) is 37.0 Å². The smallest absolute Gasteiger partial charge is 0.407 e. The van der Waals surface area contributed by atoms with Crippen LogP contribution in [0, 0.1) is 0 Å². The maximum atomic E-state index is 11.4. The Hall–Kier alpha value is -0.970. The molecule has 1 aromatic carbocycles. The summed E-state index contributed by atoms with van der Waals surface area (Å²) in [6, 6.07) is 4.41. The van der Waals surface area contributed by atoms with Gasteiger partial charge < -0.3 is 10.2 Å². The topological polar surface area (TPSA) is 60.8 Å². The Morgan fingerprint density at radius 3 is 2.65 bits per heavy atom. The summed E-state index contributed by atoms with van der Waals surface area (Å²) in [5.41, 5.74) is 0.590. The molecule has 0 spiro atoms. The van der Waals surface area contributed by atoms with Gasteiger partial charge in [-0.15, -0.1) is 0 Å². The van der Waals surface area contributed by atoms with Gasteiger partial charge in [0.05, 0.1) is 22.2 Å². The van der Waals surface area contributed by atoms with E-state index in [1.807, 2.05) is 6.92 Å². The van der Waals surface area contributed by atoms with E-state index in [0.717, 1.165) is 12.8 Å². The average Bonchev–Trinajstić information content (AvgIpc) is 2.85. The first-order chi connectivity index (χ1) is 9.45. The number of halogens is 2. The number of likely N-dealkylation sites (tertiary alicyclic amines) is 1. The second-order valence-electron chi connectivity index (χ2n) is 5.01. The molecule has 1 heterocycles. The molecule has 1 amide bonds. The first kappa shape index (κ1) is 15.4. The van der Waals surface area contributed by atoms with Crippen LogP contribution in [-0.4, -0.2) is 33.3 Å². The lowest BCUT2D eigenvalue weighted by molar-refractivity contribution is 0.0535. The lowest BCUT2D eigenvalue weighted by Crippen LogP contribution is -2.42. The monoisotopic (exact) mass is 317 g/mol. The van der Waals surface area contributed by atoms with Crippen molar-refractivity contribution in [3.8, 4) is 0 Å². The highest BCUT2D eigenvalue weighted by Gasteiger charge is 2.40. The number of aliphatic hydroxyl groups excluding tert-OH is 1. The summed E-state index contributed by atoms with van der Waals surface area (Å²) in [7, 11) is 0. The van der Waals surface area contributed by atoms with Gasteiger partial charge in [-0.2, -0.15) is 0 Å². The predicted molar refractivity (Wildman–Crippen MR) is 78.4 cm³/mol. The number of nitrogens with zero attached hydrogens (tertiary/aromatic N) is 1. The third-order valence-electron chi connectivity index (χ3n) is 3.89. The van der Waals surface area contributed by atoms with Gasteiger partial charge in [0.25, 0.3) is 0 Å². The van der Waals surface area contributed by atoms with Crippen LogP contribution in [-0.2, 0) is 0 Å². The zero-order valence-electron chi connectivity index (χ0n) is 11.1. The Kier molecular flexibility index (Phi) is 4.78. The summed E-state index contributed by atoms with van der Waals surface area (Å²) in [4.78, 5) is 12.8. The normalized spacial score (nSPS) is 23.9. The van der Waals surface area contributed by atoms with E-state index in [0.29, 0.717) is 22.0 Å². The van der Waals surface area contributed by atoms with E-state index in [2.05, 4.69) is 0 Å². The van der Waals surface area contributed by atoms with Gasteiger partial charge in [0.1, 0.15) is 0 Å². The van der Waals surface area contributed by atoms with Gasteiger partial charge in [0, 0.05) is 6.04 Å². The Balaban J connectivity index is 2.25. The second-order valence-corrected chi connectivity index (χ2v) is 5.83. The van der Waals surface area contributed by atoms with Crippen molar-refractivity contribution in [3.05, 3.63) is 33.8 Å². The molecule has 3 atom stereocenters. The number of aliphatic hydroxyl groups is 1. The van der Waals surface area contributed by atoms with Crippen molar-refractivity contribution in [1.82, 2.24) is 4.90 Å².